The molecule has 1 saturated heterocycles. The Bertz CT molecular complexity index is 735. The molecule has 120 valence electrons. The molecule has 1 aromatic carbocycles. The van der Waals surface area contributed by atoms with Crippen molar-refractivity contribution in [2.24, 2.45) is 0 Å². The summed E-state index contributed by atoms with van der Waals surface area (Å²) in [7, 11) is 0. The molecule has 0 bridgehead atoms. The summed E-state index contributed by atoms with van der Waals surface area (Å²) >= 11 is 0. The van der Waals surface area contributed by atoms with Gasteiger partial charge in [-0.15, -0.1) is 0 Å². The number of aromatic nitrogens is 1. The molecular weight excluding hydrogens is 288 g/mol. The van der Waals surface area contributed by atoms with Crippen LogP contribution < -0.4 is 0 Å². The lowest BCUT2D eigenvalue weighted by Crippen LogP contribution is -2.31. The number of benzene rings is 1. The molecule has 0 spiro atoms. The van der Waals surface area contributed by atoms with Gasteiger partial charge >= 0.3 is 0 Å². The van der Waals surface area contributed by atoms with Gasteiger partial charge in [0, 0.05) is 12.6 Å². The van der Waals surface area contributed by atoms with Gasteiger partial charge in [0.1, 0.15) is 0 Å². The molecule has 2 heterocycles. The van der Waals surface area contributed by atoms with Gasteiger partial charge in [-0.2, -0.15) is 0 Å². The van der Waals surface area contributed by atoms with Gasteiger partial charge in [0.25, 0.3) is 0 Å². The third kappa shape index (κ3) is 2.78. The Kier molecular flexibility index (Phi) is 3.68. The fourth-order valence-corrected chi connectivity index (χ4v) is 3.91. The monoisotopic (exact) mass is 310 g/mol. The average molecular weight is 310 g/mol. The molecule has 1 aliphatic heterocycles. The molecule has 0 unspecified atom stereocenters. The van der Waals surface area contributed by atoms with Gasteiger partial charge in [-0.25, -0.2) is 0 Å². The summed E-state index contributed by atoms with van der Waals surface area (Å²) in [4.78, 5) is 14.7. The lowest BCUT2D eigenvalue weighted by molar-refractivity contribution is -0.131. The number of carbonyl (C=O) groups excluding carboxylic acids is 1. The zero-order valence-corrected chi connectivity index (χ0v) is 13.5. The maximum Gasteiger partial charge on any atom is 0.227 e. The van der Waals surface area contributed by atoms with Crippen LogP contribution in [0.1, 0.15) is 53.4 Å². The summed E-state index contributed by atoms with van der Waals surface area (Å²) in [5.41, 5.74) is 4.89. The number of carbonyl (C=O) groups is 1. The van der Waals surface area contributed by atoms with Crippen LogP contribution in [0.2, 0.25) is 0 Å². The number of amides is 1. The zero-order chi connectivity index (χ0) is 15.8. The van der Waals surface area contributed by atoms with Crippen LogP contribution in [0.5, 0.6) is 0 Å². The largest absolute Gasteiger partial charge is 0.359 e. The first-order valence-electron chi connectivity index (χ1n) is 8.54. The third-order valence-corrected chi connectivity index (χ3v) is 5.07. The predicted molar refractivity (Wildman–Crippen MR) is 87.1 cm³/mol. The topological polar surface area (TPSA) is 46.3 Å². The van der Waals surface area contributed by atoms with Crippen molar-refractivity contribution in [3.63, 3.8) is 0 Å². The molecule has 1 amide bonds. The van der Waals surface area contributed by atoms with Crippen LogP contribution >= 0.6 is 0 Å². The normalized spacial score (nSPS) is 20.0. The minimum atomic E-state index is 0.0538. The van der Waals surface area contributed by atoms with Crippen LogP contribution in [0.15, 0.2) is 28.8 Å². The van der Waals surface area contributed by atoms with Crippen LogP contribution in [0.4, 0.5) is 0 Å². The summed E-state index contributed by atoms with van der Waals surface area (Å²) in [5, 5.41) is 3.97. The van der Waals surface area contributed by atoms with Crippen LogP contribution in [0.25, 0.3) is 0 Å². The molecule has 2 aliphatic rings. The Hall–Kier alpha value is -2.10. The van der Waals surface area contributed by atoms with Gasteiger partial charge in [-0.3, -0.25) is 4.79 Å². The highest BCUT2D eigenvalue weighted by atomic mass is 16.5. The van der Waals surface area contributed by atoms with Gasteiger partial charge in [0.05, 0.1) is 18.2 Å². The number of hydrogen-bond donors (Lipinski definition) is 0. The lowest BCUT2D eigenvalue weighted by atomic mass is 10.0. The molecule has 4 nitrogen and oxygen atoms in total. The second kappa shape index (κ2) is 5.84. The number of aryl methyl sites for hydroxylation is 3. The van der Waals surface area contributed by atoms with Gasteiger partial charge in [-0.1, -0.05) is 23.4 Å². The molecule has 0 radical (unpaired) electrons. The second-order valence-electron chi connectivity index (χ2n) is 6.75. The van der Waals surface area contributed by atoms with E-state index in [4.69, 9.17) is 4.52 Å². The molecule has 1 aromatic heterocycles. The first-order chi connectivity index (χ1) is 11.2. The van der Waals surface area contributed by atoms with Gasteiger partial charge in [0.2, 0.25) is 5.91 Å². The smallest absolute Gasteiger partial charge is 0.227 e. The number of hydrogen-bond acceptors (Lipinski definition) is 3. The van der Waals surface area contributed by atoms with E-state index in [-0.39, 0.29) is 11.9 Å². The van der Waals surface area contributed by atoms with Crippen molar-refractivity contribution >= 4 is 5.91 Å². The first-order valence-corrected chi connectivity index (χ1v) is 8.54. The standard InChI is InChI=1S/C19H22N2O2/c1-13-10-18(23-20-13)17-6-3-9-21(17)19(22)12-14-7-8-15-4-2-5-16(15)11-14/h7-8,10-11,17H,2-6,9,12H2,1H3/t17-/m1/s1. The van der Waals surface area contributed by atoms with E-state index >= 15 is 0 Å². The third-order valence-electron chi connectivity index (χ3n) is 5.07. The maximum atomic E-state index is 12.8. The van der Waals surface area contributed by atoms with Crippen molar-refractivity contribution in [3.8, 4) is 0 Å². The highest BCUT2D eigenvalue weighted by Gasteiger charge is 2.32. The van der Waals surface area contributed by atoms with Crippen LogP contribution in [-0.2, 0) is 24.1 Å². The Morgan fingerprint density at radius 1 is 1.26 bits per heavy atom. The van der Waals surface area contributed by atoms with E-state index in [0.717, 1.165) is 42.8 Å². The fraction of sp³-hybridized carbons (Fsp3) is 0.474. The van der Waals surface area contributed by atoms with Gasteiger partial charge < -0.3 is 9.42 Å². The van der Waals surface area contributed by atoms with Crippen LogP contribution in [0.3, 0.4) is 0 Å². The molecule has 4 rings (SSSR count). The molecule has 0 N–H and O–H groups in total. The summed E-state index contributed by atoms with van der Waals surface area (Å²) in [5.74, 6) is 1.02. The van der Waals surface area contributed by atoms with Crippen molar-refractivity contribution in [2.45, 2.75) is 51.5 Å². The SMILES string of the molecule is Cc1cc([C@H]2CCCN2C(=O)Cc2ccc3c(c2)CCC3)on1. The van der Waals surface area contributed by atoms with Gasteiger partial charge in [0.15, 0.2) is 5.76 Å². The summed E-state index contributed by atoms with van der Waals surface area (Å²) in [6, 6.07) is 8.55. The summed E-state index contributed by atoms with van der Waals surface area (Å²) in [6.45, 7) is 2.73. The Labute approximate surface area is 136 Å². The lowest BCUT2D eigenvalue weighted by Gasteiger charge is -2.22. The first kappa shape index (κ1) is 14.5. The van der Waals surface area contributed by atoms with E-state index in [2.05, 4.69) is 23.4 Å². The van der Waals surface area contributed by atoms with Crippen LogP contribution in [0, 0.1) is 6.92 Å². The quantitative estimate of drug-likeness (QED) is 0.873. The highest BCUT2D eigenvalue weighted by Crippen LogP contribution is 2.33. The molecule has 1 aliphatic carbocycles. The van der Waals surface area contributed by atoms with Crippen molar-refractivity contribution in [3.05, 3.63) is 52.4 Å². The number of nitrogens with zero attached hydrogens (tertiary/aromatic N) is 2. The van der Waals surface area contributed by atoms with Crippen molar-refractivity contribution < 1.29 is 9.32 Å². The summed E-state index contributed by atoms with van der Waals surface area (Å²) < 4.78 is 5.40. The molecule has 1 fully saturated rings. The molecule has 0 saturated carbocycles. The van der Waals surface area contributed by atoms with Crippen molar-refractivity contribution in [1.82, 2.24) is 10.1 Å². The average Bonchev–Trinajstić information content (AvgIpc) is 3.26. The number of likely N-dealkylation sites (tertiary alicyclic amines) is 1. The Balaban J connectivity index is 1.50. The van der Waals surface area contributed by atoms with E-state index in [1.54, 1.807) is 0 Å². The predicted octanol–water partition coefficient (Wildman–Crippen LogP) is 3.38. The Morgan fingerprint density at radius 2 is 2.13 bits per heavy atom. The minimum absolute atomic E-state index is 0.0538. The molecule has 4 heteroatoms. The van der Waals surface area contributed by atoms with Gasteiger partial charge in [-0.05, 0) is 55.7 Å². The molecular formula is C19H22N2O2. The highest BCUT2D eigenvalue weighted by molar-refractivity contribution is 5.79. The molecule has 1 atom stereocenters. The number of fused-ring (bicyclic) bond motifs is 1. The van der Waals surface area contributed by atoms with Crippen LogP contribution in [-0.4, -0.2) is 22.5 Å². The van der Waals surface area contributed by atoms with E-state index in [9.17, 15) is 4.79 Å². The van der Waals surface area contributed by atoms with Crippen molar-refractivity contribution in [2.75, 3.05) is 6.54 Å². The number of rotatable bonds is 3. The van der Waals surface area contributed by atoms with Crippen molar-refractivity contribution in [1.29, 1.82) is 0 Å². The fourth-order valence-electron chi connectivity index (χ4n) is 3.91. The zero-order valence-electron chi connectivity index (χ0n) is 13.5. The van der Waals surface area contributed by atoms with E-state index in [1.807, 2.05) is 17.9 Å². The molecule has 2 aromatic rings. The van der Waals surface area contributed by atoms with E-state index < -0.39 is 0 Å². The van der Waals surface area contributed by atoms with E-state index in [0.29, 0.717) is 6.42 Å². The summed E-state index contributed by atoms with van der Waals surface area (Å²) in [6.07, 6.45) is 6.05. The Morgan fingerprint density at radius 3 is 2.96 bits per heavy atom. The maximum absolute atomic E-state index is 12.8. The minimum Gasteiger partial charge on any atom is -0.359 e. The molecule has 23 heavy (non-hydrogen) atoms. The van der Waals surface area contributed by atoms with E-state index in [1.165, 1.54) is 24.0 Å². The second-order valence-corrected chi connectivity index (χ2v) is 6.75.